The summed E-state index contributed by atoms with van der Waals surface area (Å²) in [5, 5.41) is 2.76. The van der Waals surface area contributed by atoms with E-state index in [1.165, 1.54) is 12.1 Å². The van der Waals surface area contributed by atoms with Crippen LogP contribution in [0.15, 0.2) is 24.4 Å². The summed E-state index contributed by atoms with van der Waals surface area (Å²) in [6.07, 6.45) is -2.71. The van der Waals surface area contributed by atoms with Crippen LogP contribution in [0.4, 0.5) is 24.8 Å². The molecule has 0 saturated heterocycles. The predicted octanol–water partition coefficient (Wildman–Crippen LogP) is 4.63. The van der Waals surface area contributed by atoms with Gasteiger partial charge < -0.3 is 9.88 Å². The zero-order chi connectivity index (χ0) is 14.9. The zero-order valence-corrected chi connectivity index (χ0v) is 11.7. The lowest BCUT2D eigenvalue weighted by Gasteiger charge is -2.15. The van der Waals surface area contributed by atoms with Crippen molar-refractivity contribution in [1.82, 2.24) is 9.55 Å². The molecule has 0 atom stereocenters. The molecule has 3 nitrogen and oxygen atoms in total. The van der Waals surface area contributed by atoms with Crippen LogP contribution in [-0.2, 0) is 12.7 Å². The van der Waals surface area contributed by atoms with Gasteiger partial charge in [0.05, 0.1) is 16.9 Å². The van der Waals surface area contributed by atoms with Crippen molar-refractivity contribution >= 4 is 23.2 Å². The summed E-state index contributed by atoms with van der Waals surface area (Å²) >= 11 is 5.64. The second-order valence-corrected chi connectivity index (χ2v) is 4.74. The molecular weight excluding hydrogens is 291 g/mol. The third-order valence-corrected chi connectivity index (χ3v) is 3.01. The van der Waals surface area contributed by atoms with Gasteiger partial charge in [-0.2, -0.15) is 13.2 Å². The first-order chi connectivity index (χ1) is 9.31. The lowest BCUT2D eigenvalue weighted by molar-refractivity contribution is -0.136. The molecule has 0 saturated carbocycles. The van der Waals surface area contributed by atoms with Gasteiger partial charge in [-0.3, -0.25) is 0 Å². The highest BCUT2D eigenvalue weighted by atomic mass is 35.5. The highest BCUT2D eigenvalue weighted by Gasteiger charge is 2.34. The van der Waals surface area contributed by atoms with Crippen molar-refractivity contribution in [2.75, 3.05) is 5.32 Å². The van der Waals surface area contributed by atoms with Crippen molar-refractivity contribution in [2.24, 2.45) is 0 Å². The number of hydrogen-bond acceptors (Lipinski definition) is 2. The second-order valence-electron chi connectivity index (χ2n) is 4.30. The van der Waals surface area contributed by atoms with Crippen molar-refractivity contribution in [1.29, 1.82) is 0 Å². The van der Waals surface area contributed by atoms with Gasteiger partial charge >= 0.3 is 6.18 Å². The number of halogens is 4. The number of aromatic nitrogens is 2. The predicted molar refractivity (Wildman–Crippen MR) is 72.4 cm³/mol. The molecule has 0 unspecified atom stereocenters. The number of rotatable bonds is 3. The number of alkyl halides is 3. The number of nitrogens with one attached hydrogen (secondary N) is 1. The van der Waals surface area contributed by atoms with Gasteiger partial charge in [0, 0.05) is 17.8 Å². The summed E-state index contributed by atoms with van der Waals surface area (Å²) in [6.45, 7) is 4.28. The summed E-state index contributed by atoms with van der Waals surface area (Å²) in [5.41, 5.74) is -0.146. The third-order valence-electron chi connectivity index (χ3n) is 2.77. The van der Waals surface area contributed by atoms with Crippen LogP contribution >= 0.6 is 11.6 Å². The average molecular weight is 304 g/mol. The van der Waals surface area contributed by atoms with E-state index in [2.05, 4.69) is 10.3 Å². The van der Waals surface area contributed by atoms with E-state index in [1.807, 2.05) is 6.92 Å². The van der Waals surface area contributed by atoms with Crippen LogP contribution in [-0.4, -0.2) is 9.55 Å². The van der Waals surface area contributed by atoms with E-state index in [-0.39, 0.29) is 10.7 Å². The van der Waals surface area contributed by atoms with E-state index in [4.69, 9.17) is 11.6 Å². The highest BCUT2D eigenvalue weighted by Crippen LogP contribution is 2.37. The van der Waals surface area contributed by atoms with Crippen molar-refractivity contribution in [3.05, 3.63) is 40.7 Å². The van der Waals surface area contributed by atoms with E-state index < -0.39 is 11.7 Å². The molecule has 0 aliphatic heterocycles. The Hall–Kier alpha value is -1.69. The lowest BCUT2D eigenvalue weighted by atomic mass is 10.1. The molecule has 20 heavy (non-hydrogen) atoms. The maximum atomic E-state index is 13.0. The van der Waals surface area contributed by atoms with Crippen molar-refractivity contribution < 1.29 is 13.2 Å². The Kier molecular flexibility index (Phi) is 3.94. The Morgan fingerprint density at radius 1 is 1.35 bits per heavy atom. The zero-order valence-electron chi connectivity index (χ0n) is 10.9. The summed E-state index contributed by atoms with van der Waals surface area (Å²) in [5.74, 6) is 0.373. The van der Waals surface area contributed by atoms with Gasteiger partial charge in [0.1, 0.15) is 0 Å². The standard InChI is InChI=1S/C13H13ClF3N3/c1-3-20-7-8(2)18-12(20)19-11-5-4-9(14)6-10(11)13(15,16)17/h4-7H,3H2,1-2H3,(H,18,19). The maximum absolute atomic E-state index is 13.0. The Morgan fingerprint density at radius 2 is 2.05 bits per heavy atom. The topological polar surface area (TPSA) is 29.9 Å². The Bertz CT molecular complexity index is 620. The Balaban J connectivity index is 2.43. The fourth-order valence-electron chi connectivity index (χ4n) is 1.87. The van der Waals surface area contributed by atoms with Crippen LogP contribution in [0.1, 0.15) is 18.2 Å². The quantitative estimate of drug-likeness (QED) is 0.896. The summed E-state index contributed by atoms with van der Waals surface area (Å²) < 4.78 is 40.7. The van der Waals surface area contributed by atoms with Crippen molar-refractivity contribution in [2.45, 2.75) is 26.6 Å². The minimum Gasteiger partial charge on any atom is -0.325 e. The number of imidazole rings is 1. The molecular formula is C13H13ClF3N3. The fourth-order valence-corrected chi connectivity index (χ4v) is 2.04. The lowest BCUT2D eigenvalue weighted by Crippen LogP contribution is -2.10. The SMILES string of the molecule is CCn1cc(C)nc1Nc1ccc(Cl)cc1C(F)(F)F. The third kappa shape index (κ3) is 3.07. The Morgan fingerprint density at radius 3 is 2.65 bits per heavy atom. The van der Waals surface area contributed by atoms with Gasteiger partial charge in [0.25, 0.3) is 0 Å². The maximum Gasteiger partial charge on any atom is 0.418 e. The molecule has 0 bridgehead atoms. The number of nitrogens with zero attached hydrogens (tertiary/aromatic N) is 2. The molecule has 0 aliphatic carbocycles. The van der Waals surface area contributed by atoms with Crippen LogP contribution in [0.2, 0.25) is 5.02 Å². The van der Waals surface area contributed by atoms with Gasteiger partial charge in [-0.05, 0) is 32.0 Å². The number of aryl methyl sites for hydroxylation is 2. The molecule has 0 aliphatic rings. The minimum absolute atomic E-state index is 0.0397. The molecule has 1 N–H and O–H groups in total. The van der Waals surface area contributed by atoms with E-state index in [0.717, 1.165) is 11.8 Å². The molecule has 0 amide bonds. The monoisotopic (exact) mass is 303 g/mol. The van der Waals surface area contributed by atoms with Gasteiger partial charge in [-0.25, -0.2) is 4.98 Å². The van der Waals surface area contributed by atoms with E-state index in [0.29, 0.717) is 12.5 Å². The Labute approximate surface area is 119 Å². The van der Waals surface area contributed by atoms with Gasteiger partial charge in [0.15, 0.2) is 0 Å². The molecule has 108 valence electrons. The normalized spacial score (nSPS) is 11.7. The minimum atomic E-state index is -4.48. The molecule has 7 heteroatoms. The number of hydrogen-bond donors (Lipinski definition) is 1. The first-order valence-electron chi connectivity index (χ1n) is 5.98. The second kappa shape index (κ2) is 5.36. The largest absolute Gasteiger partial charge is 0.418 e. The fraction of sp³-hybridized carbons (Fsp3) is 0.308. The molecule has 0 spiro atoms. The van der Waals surface area contributed by atoms with Crippen LogP contribution in [0.3, 0.4) is 0 Å². The van der Waals surface area contributed by atoms with Crippen molar-refractivity contribution in [3.8, 4) is 0 Å². The van der Waals surface area contributed by atoms with Crippen LogP contribution < -0.4 is 5.32 Å². The average Bonchev–Trinajstić information content (AvgIpc) is 2.70. The van der Waals surface area contributed by atoms with Crippen molar-refractivity contribution in [3.63, 3.8) is 0 Å². The molecule has 0 radical (unpaired) electrons. The molecule has 1 aromatic carbocycles. The molecule has 2 aromatic rings. The molecule has 0 fully saturated rings. The molecule has 2 rings (SSSR count). The van der Waals surface area contributed by atoms with Gasteiger partial charge in [-0.1, -0.05) is 11.6 Å². The van der Waals surface area contributed by atoms with E-state index in [1.54, 1.807) is 17.7 Å². The summed E-state index contributed by atoms with van der Waals surface area (Å²) in [6, 6.07) is 3.61. The first kappa shape index (κ1) is 14.7. The summed E-state index contributed by atoms with van der Waals surface area (Å²) in [4.78, 5) is 4.17. The molecule has 1 aromatic heterocycles. The molecule has 1 heterocycles. The highest BCUT2D eigenvalue weighted by molar-refractivity contribution is 6.30. The first-order valence-corrected chi connectivity index (χ1v) is 6.36. The smallest absolute Gasteiger partial charge is 0.325 e. The van der Waals surface area contributed by atoms with Gasteiger partial charge in [-0.15, -0.1) is 0 Å². The number of anilines is 2. The van der Waals surface area contributed by atoms with Gasteiger partial charge in [0.2, 0.25) is 5.95 Å². The number of benzene rings is 1. The van der Waals surface area contributed by atoms with Crippen LogP contribution in [0, 0.1) is 6.92 Å². The van der Waals surface area contributed by atoms with E-state index in [9.17, 15) is 13.2 Å². The van der Waals surface area contributed by atoms with Crippen LogP contribution in [0.5, 0.6) is 0 Å². The summed E-state index contributed by atoms with van der Waals surface area (Å²) in [7, 11) is 0. The van der Waals surface area contributed by atoms with E-state index >= 15 is 0 Å². The van der Waals surface area contributed by atoms with Crippen LogP contribution in [0.25, 0.3) is 0 Å².